The number of oxime groups is 1. The van der Waals surface area contributed by atoms with E-state index in [2.05, 4.69) is 5.16 Å². The molecule has 2 amide bonds. The number of likely N-dealkylation sites (tertiary alicyclic amines) is 2. The molecule has 1 saturated carbocycles. The molecule has 0 aromatic heterocycles. The quantitative estimate of drug-likeness (QED) is 0.737. The Kier molecular flexibility index (Phi) is 2.74. The number of hydrogen-bond acceptors (Lipinski definition) is 4. The van der Waals surface area contributed by atoms with Crippen molar-refractivity contribution in [2.45, 2.75) is 37.5 Å². The molecule has 0 aromatic rings. The van der Waals surface area contributed by atoms with Gasteiger partial charge in [-0.25, -0.2) is 4.39 Å². The van der Waals surface area contributed by atoms with Gasteiger partial charge in [-0.05, 0) is 25.7 Å². The van der Waals surface area contributed by atoms with E-state index in [-0.39, 0.29) is 17.9 Å². The molecule has 2 saturated heterocycles. The minimum atomic E-state index is -1.66. The lowest BCUT2D eigenvalue weighted by Gasteiger charge is -2.19. The number of alkyl halides is 1. The SMILES string of the molecule is O=C(C1=NO[C@@H]2CN(C(=O)C3(F)CC3)C[C@H]12)N1CCCC1. The summed E-state index contributed by atoms with van der Waals surface area (Å²) in [6, 6.07) is 0. The lowest BCUT2D eigenvalue weighted by atomic mass is 10.00. The van der Waals surface area contributed by atoms with Crippen molar-refractivity contribution < 1.29 is 18.8 Å². The van der Waals surface area contributed by atoms with Gasteiger partial charge < -0.3 is 14.6 Å². The first-order chi connectivity index (χ1) is 10.1. The molecule has 2 atom stereocenters. The highest BCUT2D eigenvalue weighted by Crippen LogP contribution is 2.43. The predicted octanol–water partition coefficient (Wildman–Crippen LogP) is 0.324. The molecule has 0 aromatic carbocycles. The van der Waals surface area contributed by atoms with Crippen LogP contribution >= 0.6 is 0 Å². The number of carbonyl (C=O) groups is 2. The van der Waals surface area contributed by atoms with Crippen LogP contribution in [0.1, 0.15) is 25.7 Å². The van der Waals surface area contributed by atoms with Crippen molar-refractivity contribution in [3.63, 3.8) is 0 Å². The van der Waals surface area contributed by atoms with Gasteiger partial charge in [0, 0.05) is 19.6 Å². The summed E-state index contributed by atoms with van der Waals surface area (Å²) in [5, 5.41) is 3.93. The molecular formula is C14H18FN3O3. The van der Waals surface area contributed by atoms with Crippen molar-refractivity contribution >= 4 is 17.5 Å². The molecule has 1 aliphatic carbocycles. The zero-order valence-electron chi connectivity index (χ0n) is 11.8. The van der Waals surface area contributed by atoms with Crippen LogP contribution in [-0.2, 0) is 14.4 Å². The van der Waals surface area contributed by atoms with Gasteiger partial charge in [-0.15, -0.1) is 0 Å². The largest absolute Gasteiger partial charge is 0.389 e. The Morgan fingerprint density at radius 3 is 2.57 bits per heavy atom. The van der Waals surface area contributed by atoms with Crippen molar-refractivity contribution in [2.24, 2.45) is 11.1 Å². The first-order valence-corrected chi connectivity index (χ1v) is 7.60. The lowest BCUT2D eigenvalue weighted by molar-refractivity contribution is -0.137. The third-order valence-corrected chi connectivity index (χ3v) is 4.88. The molecule has 3 fully saturated rings. The van der Waals surface area contributed by atoms with Crippen molar-refractivity contribution in [3.05, 3.63) is 0 Å². The van der Waals surface area contributed by atoms with Gasteiger partial charge in [0.1, 0.15) is 0 Å². The molecule has 7 heteroatoms. The Hall–Kier alpha value is -1.66. The fraction of sp³-hybridized carbons (Fsp3) is 0.786. The molecule has 114 valence electrons. The molecule has 4 aliphatic rings. The molecular weight excluding hydrogens is 277 g/mol. The van der Waals surface area contributed by atoms with Crippen LogP contribution in [-0.4, -0.2) is 65.3 Å². The summed E-state index contributed by atoms with van der Waals surface area (Å²) in [6.07, 6.45) is 2.36. The lowest BCUT2D eigenvalue weighted by Crippen LogP contribution is -2.40. The van der Waals surface area contributed by atoms with Crippen molar-refractivity contribution in [1.82, 2.24) is 9.80 Å². The van der Waals surface area contributed by atoms with Crippen LogP contribution in [0.2, 0.25) is 0 Å². The van der Waals surface area contributed by atoms with E-state index in [0.29, 0.717) is 31.6 Å². The van der Waals surface area contributed by atoms with Gasteiger partial charge in [0.15, 0.2) is 17.5 Å². The number of halogens is 1. The van der Waals surface area contributed by atoms with E-state index < -0.39 is 11.6 Å². The molecule has 0 N–H and O–H groups in total. The van der Waals surface area contributed by atoms with Crippen LogP contribution in [0.25, 0.3) is 0 Å². The molecule has 4 rings (SSSR count). The van der Waals surface area contributed by atoms with E-state index in [1.54, 1.807) is 4.90 Å². The predicted molar refractivity (Wildman–Crippen MR) is 71.3 cm³/mol. The average molecular weight is 295 g/mol. The summed E-state index contributed by atoms with van der Waals surface area (Å²) in [5.74, 6) is -0.742. The van der Waals surface area contributed by atoms with Crippen LogP contribution in [0.4, 0.5) is 4.39 Å². The van der Waals surface area contributed by atoms with Crippen molar-refractivity contribution in [3.8, 4) is 0 Å². The van der Waals surface area contributed by atoms with Gasteiger partial charge in [-0.1, -0.05) is 5.16 Å². The first-order valence-electron chi connectivity index (χ1n) is 7.60. The maximum atomic E-state index is 13.9. The Morgan fingerprint density at radius 2 is 1.90 bits per heavy atom. The molecule has 0 spiro atoms. The number of amides is 2. The summed E-state index contributed by atoms with van der Waals surface area (Å²) in [4.78, 5) is 33.1. The molecule has 3 aliphatic heterocycles. The van der Waals surface area contributed by atoms with Crippen molar-refractivity contribution in [2.75, 3.05) is 26.2 Å². The summed E-state index contributed by atoms with van der Waals surface area (Å²) in [7, 11) is 0. The Labute approximate surface area is 121 Å². The van der Waals surface area contributed by atoms with Gasteiger partial charge in [0.2, 0.25) is 0 Å². The van der Waals surface area contributed by atoms with E-state index in [1.807, 2.05) is 0 Å². The normalized spacial score (nSPS) is 32.7. The van der Waals surface area contributed by atoms with Crippen LogP contribution in [0.15, 0.2) is 5.16 Å². The number of hydrogen-bond donors (Lipinski definition) is 0. The zero-order valence-corrected chi connectivity index (χ0v) is 11.8. The summed E-state index contributed by atoms with van der Waals surface area (Å²) < 4.78 is 13.9. The second kappa shape index (κ2) is 4.42. The molecule has 0 bridgehead atoms. The zero-order chi connectivity index (χ0) is 14.6. The Balaban J connectivity index is 1.45. The number of fused-ring (bicyclic) bond motifs is 1. The van der Waals surface area contributed by atoms with Crippen LogP contribution in [0, 0.1) is 5.92 Å². The Morgan fingerprint density at radius 1 is 1.19 bits per heavy atom. The van der Waals surface area contributed by atoms with E-state index in [9.17, 15) is 14.0 Å². The van der Waals surface area contributed by atoms with Gasteiger partial charge in [0.25, 0.3) is 11.8 Å². The molecule has 0 unspecified atom stereocenters. The van der Waals surface area contributed by atoms with Gasteiger partial charge in [-0.3, -0.25) is 9.59 Å². The smallest absolute Gasteiger partial charge is 0.272 e. The van der Waals surface area contributed by atoms with E-state index >= 15 is 0 Å². The molecule has 0 radical (unpaired) electrons. The minimum Gasteiger partial charge on any atom is -0.389 e. The maximum Gasteiger partial charge on any atom is 0.272 e. The monoisotopic (exact) mass is 295 g/mol. The summed E-state index contributed by atoms with van der Waals surface area (Å²) in [6.45, 7) is 2.18. The van der Waals surface area contributed by atoms with E-state index in [1.165, 1.54) is 4.90 Å². The highest BCUT2D eigenvalue weighted by Gasteiger charge is 2.56. The topological polar surface area (TPSA) is 62.2 Å². The van der Waals surface area contributed by atoms with Crippen LogP contribution in [0.5, 0.6) is 0 Å². The number of rotatable bonds is 2. The van der Waals surface area contributed by atoms with E-state index in [0.717, 1.165) is 25.9 Å². The highest BCUT2D eigenvalue weighted by atomic mass is 19.1. The van der Waals surface area contributed by atoms with E-state index in [4.69, 9.17) is 4.84 Å². The summed E-state index contributed by atoms with van der Waals surface area (Å²) >= 11 is 0. The molecule has 3 heterocycles. The second-order valence-corrected chi connectivity index (χ2v) is 6.40. The minimum absolute atomic E-state index is 0.0873. The molecule has 21 heavy (non-hydrogen) atoms. The van der Waals surface area contributed by atoms with Crippen LogP contribution in [0.3, 0.4) is 0 Å². The second-order valence-electron chi connectivity index (χ2n) is 6.40. The average Bonchev–Trinajstić information content (AvgIpc) is 2.95. The van der Waals surface area contributed by atoms with Crippen LogP contribution < -0.4 is 0 Å². The standard InChI is InChI=1S/C14H18FN3O3/c15-14(3-4-14)13(20)18-7-9-10(8-18)21-16-11(9)12(19)17-5-1-2-6-17/h9-10H,1-8H2/t9-,10+/m0/s1. The third-order valence-electron chi connectivity index (χ3n) is 4.88. The first kappa shape index (κ1) is 13.0. The van der Waals surface area contributed by atoms with Gasteiger partial charge in [-0.2, -0.15) is 0 Å². The van der Waals surface area contributed by atoms with Crippen molar-refractivity contribution in [1.29, 1.82) is 0 Å². The molecule has 6 nitrogen and oxygen atoms in total. The number of carbonyl (C=O) groups excluding carboxylic acids is 2. The number of nitrogens with zero attached hydrogens (tertiary/aromatic N) is 3. The van der Waals surface area contributed by atoms with Gasteiger partial charge in [0.05, 0.1) is 12.5 Å². The third kappa shape index (κ3) is 2.01. The summed E-state index contributed by atoms with van der Waals surface area (Å²) in [5.41, 5.74) is -1.25. The van der Waals surface area contributed by atoms with Gasteiger partial charge >= 0.3 is 0 Å². The fourth-order valence-electron chi connectivity index (χ4n) is 3.39. The highest BCUT2D eigenvalue weighted by molar-refractivity contribution is 6.40. The fourth-order valence-corrected chi connectivity index (χ4v) is 3.39. The Bertz CT molecular complexity index is 526. The maximum absolute atomic E-state index is 13.9.